The summed E-state index contributed by atoms with van der Waals surface area (Å²) in [7, 11) is 1.79. The Balaban J connectivity index is 2.56. The average molecular weight is 284 g/mol. The van der Waals surface area contributed by atoms with Gasteiger partial charge in [-0.3, -0.25) is 0 Å². The highest BCUT2D eigenvalue weighted by Crippen LogP contribution is 2.34. The number of methoxy groups -OCH3 is 1. The van der Waals surface area contributed by atoms with E-state index in [1.807, 2.05) is 0 Å². The van der Waals surface area contributed by atoms with E-state index in [0.29, 0.717) is 6.04 Å². The molecule has 0 unspecified atom stereocenters. The van der Waals surface area contributed by atoms with Crippen LogP contribution in [0.2, 0.25) is 0 Å². The molecule has 0 amide bonds. The number of aryl methyl sites for hydroxylation is 1. The summed E-state index contributed by atoms with van der Waals surface area (Å²) in [5.74, 6) is 0. The van der Waals surface area contributed by atoms with Crippen molar-refractivity contribution in [3.05, 3.63) is 16.1 Å². The first-order valence-corrected chi connectivity index (χ1v) is 8.19. The van der Waals surface area contributed by atoms with Crippen LogP contribution in [0.5, 0.6) is 0 Å². The Morgan fingerprint density at radius 1 is 1.37 bits per heavy atom. The third-order valence-electron chi connectivity index (χ3n) is 3.64. The third kappa shape index (κ3) is 4.55. The van der Waals surface area contributed by atoms with Crippen LogP contribution in [-0.2, 0) is 16.8 Å². The Bertz CT molecular complexity index is 351. The Labute approximate surface area is 121 Å². The van der Waals surface area contributed by atoms with Crippen molar-refractivity contribution in [3.8, 4) is 0 Å². The van der Waals surface area contributed by atoms with Crippen molar-refractivity contribution in [2.45, 2.75) is 65.0 Å². The Kier molecular flexibility index (Phi) is 6.97. The fourth-order valence-corrected chi connectivity index (χ4v) is 3.39. The SMILES string of the molecule is CCC(CC)(OC)c1nc(CCCNC(C)C)cs1. The van der Waals surface area contributed by atoms with Gasteiger partial charge >= 0.3 is 0 Å². The molecule has 1 heterocycles. The molecule has 0 spiro atoms. The molecule has 0 radical (unpaired) electrons. The summed E-state index contributed by atoms with van der Waals surface area (Å²) in [6, 6.07) is 0.562. The molecule has 4 heteroatoms. The molecule has 0 aliphatic heterocycles. The highest BCUT2D eigenvalue weighted by molar-refractivity contribution is 7.09. The fraction of sp³-hybridized carbons (Fsp3) is 0.800. The summed E-state index contributed by atoms with van der Waals surface area (Å²) in [5, 5.41) is 6.75. The zero-order chi connectivity index (χ0) is 14.3. The van der Waals surface area contributed by atoms with Gasteiger partial charge in [-0.15, -0.1) is 11.3 Å². The lowest BCUT2D eigenvalue weighted by atomic mass is 9.98. The standard InChI is InChI=1S/C15H28N2OS/c1-6-15(7-2,18-5)14-17-13(11-19-14)9-8-10-16-12(3)4/h11-12,16H,6-10H2,1-5H3. The highest BCUT2D eigenvalue weighted by atomic mass is 32.1. The largest absolute Gasteiger partial charge is 0.371 e. The molecule has 1 aromatic heterocycles. The quantitative estimate of drug-likeness (QED) is 0.702. The molecule has 0 aliphatic carbocycles. The van der Waals surface area contributed by atoms with Gasteiger partial charge in [-0.1, -0.05) is 27.7 Å². The normalized spacial score (nSPS) is 12.3. The van der Waals surface area contributed by atoms with Crippen LogP contribution in [0.15, 0.2) is 5.38 Å². The molecule has 0 saturated heterocycles. The smallest absolute Gasteiger partial charge is 0.125 e. The maximum atomic E-state index is 5.73. The Hall–Kier alpha value is -0.450. The van der Waals surface area contributed by atoms with Crippen molar-refractivity contribution >= 4 is 11.3 Å². The summed E-state index contributed by atoms with van der Waals surface area (Å²) in [4.78, 5) is 4.78. The molecule has 1 aromatic rings. The molecule has 0 aromatic carbocycles. The minimum absolute atomic E-state index is 0.181. The van der Waals surface area contributed by atoms with E-state index in [2.05, 4.69) is 38.4 Å². The first-order valence-electron chi connectivity index (χ1n) is 7.31. The number of ether oxygens (including phenoxy) is 1. The number of hydrogen-bond acceptors (Lipinski definition) is 4. The van der Waals surface area contributed by atoms with Crippen molar-refractivity contribution in [1.29, 1.82) is 0 Å². The second-order valence-corrected chi connectivity index (χ2v) is 6.12. The van der Waals surface area contributed by atoms with E-state index in [9.17, 15) is 0 Å². The van der Waals surface area contributed by atoms with Crippen LogP contribution >= 0.6 is 11.3 Å². The second kappa shape index (κ2) is 7.98. The predicted octanol–water partition coefficient (Wildman–Crippen LogP) is 3.74. The Morgan fingerprint density at radius 2 is 2.05 bits per heavy atom. The maximum Gasteiger partial charge on any atom is 0.125 e. The van der Waals surface area contributed by atoms with Crippen LogP contribution in [0.4, 0.5) is 0 Å². The van der Waals surface area contributed by atoms with E-state index in [1.165, 1.54) is 5.69 Å². The zero-order valence-corrected chi connectivity index (χ0v) is 13.8. The van der Waals surface area contributed by atoms with E-state index in [1.54, 1.807) is 18.4 Å². The van der Waals surface area contributed by atoms with Crippen LogP contribution in [0.1, 0.15) is 57.7 Å². The molecule has 0 aliphatic rings. The van der Waals surface area contributed by atoms with Crippen LogP contribution in [0, 0.1) is 0 Å². The maximum absolute atomic E-state index is 5.73. The molecule has 0 fully saturated rings. The molecule has 0 bridgehead atoms. The lowest BCUT2D eigenvalue weighted by molar-refractivity contribution is -0.0219. The first-order chi connectivity index (χ1) is 9.07. The van der Waals surface area contributed by atoms with Crippen LogP contribution in [0.3, 0.4) is 0 Å². The summed E-state index contributed by atoms with van der Waals surface area (Å²) in [5.41, 5.74) is 1.02. The first kappa shape index (κ1) is 16.6. The Morgan fingerprint density at radius 3 is 2.58 bits per heavy atom. The fourth-order valence-electron chi connectivity index (χ4n) is 2.22. The van der Waals surface area contributed by atoms with Gasteiger partial charge in [-0.25, -0.2) is 4.98 Å². The number of thiazole rings is 1. The third-order valence-corrected chi connectivity index (χ3v) is 4.71. The van der Waals surface area contributed by atoms with E-state index in [-0.39, 0.29) is 5.60 Å². The molecule has 1 rings (SSSR count). The molecule has 0 atom stereocenters. The van der Waals surface area contributed by atoms with E-state index >= 15 is 0 Å². The van der Waals surface area contributed by atoms with E-state index in [4.69, 9.17) is 9.72 Å². The summed E-state index contributed by atoms with van der Waals surface area (Å²) < 4.78 is 5.73. The van der Waals surface area contributed by atoms with Gasteiger partial charge in [-0.2, -0.15) is 0 Å². The predicted molar refractivity (Wildman–Crippen MR) is 82.8 cm³/mol. The molecule has 19 heavy (non-hydrogen) atoms. The van der Waals surface area contributed by atoms with Gasteiger partial charge in [0.1, 0.15) is 10.6 Å². The molecule has 0 saturated carbocycles. The molecule has 3 nitrogen and oxygen atoms in total. The van der Waals surface area contributed by atoms with Crippen LogP contribution in [0.25, 0.3) is 0 Å². The lowest BCUT2D eigenvalue weighted by Crippen LogP contribution is -2.26. The number of rotatable bonds is 9. The van der Waals surface area contributed by atoms with Gasteiger partial charge in [0.05, 0.1) is 5.69 Å². The van der Waals surface area contributed by atoms with Gasteiger partial charge in [0.15, 0.2) is 0 Å². The number of nitrogens with one attached hydrogen (secondary N) is 1. The van der Waals surface area contributed by atoms with Crippen molar-refractivity contribution in [3.63, 3.8) is 0 Å². The summed E-state index contributed by atoms with van der Waals surface area (Å²) >= 11 is 1.74. The van der Waals surface area contributed by atoms with Crippen LogP contribution in [-0.4, -0.2) is 24.7 Å². The molecule has 110 valence electrons. The van der Waals surface area contributed by atoms with Gasteiger partial charge in [0.25, 0.3) is 0 Å². The van der Waals surface area contributed by atoms with Crippen molar-refractivity contribution < 1.29 is 4.74 Å². The molecular weight excluding hydrogens is 256 g/mol. The van der Waals surface area contributed by atoms with Crippen molar-refractivity contribution in [2.24, 2.45) is 0 Å². The van der Waals surface area contributed by atoms with Gasteiger partial charge in [-0.05, 0) is 32.2 Å². The van der Waals surface area contributed by atoms with Crippen molar-refractivity contribution in [1.82, 2.24) is 10.3 Å². The average Bonchev–Trinajstić information content (AvgIpc) is 2.87. The van der Waals surface area contributed by atoms with Crippen molar-refractivity contribution in [2.75, 3.05) is 13.7 Å². The topological polar surface area (TPSA) is 34.1 Å². The van der Waals surface area contributed by atoms with Gasteiger partial charge in [0.2, 0.25) is 0 Å². The zero-order valence-electron chi connectivity index (χ0n) is 13.0. The monoisotopic (exact) mass is 284 g/mol. The minimum Gasteiger partial charge on any atom is -0.371 e. The van der Waals surface area contributed by atoms with Gasteiger partial charge in [0, 0.05) is 18.5 Å². The number of hydrogen-bond donors (Lipinski definition) is 1. The van der Waals surface area contributed by atoms with Gasteiger partial charge < -0.3 is 10.1 Å². The van der Waals surface area contributed by atoms with E-state index < -0.39 is 0 Å². The summed E-state index contributed by atoms with van der Waals surface area (Å²) in [6.45, 7) is 9.75. The van der Waals surface area contributed by atoms with E-state index in [0.717, 1.165) is 37.2 Å². The highest BCUT2D eigenvalue weighted by Gasteiger charge is 2.31. The summed E-state index contributed by atoms with van der Waals surface area (Å²) in [6.07, 6.45) is 4.13. The molecular formula is C15H28N2OS. The van der Waals surface area contributed by atoms with Crippen LogP contribution < -0.4 is 5.32 Å². The number of nitrogens with zero attached hydrogens (tertiary/aromatic N) is 1. The lowest BCUT2D eigenvalue weighted by Gasteiger charge is -2.27. The molecule has 1 N–H and O–H groups in total. The number of aromatic nitrogens is 1. The minimum atomic E-state index is -0.181. The second-order valence-electron chi connectivity index (χ2n) is 5.26.